The van der Waals surface area contributed by atoms with Gasteiger partial charge in [0.15, 0.2) is 0 Å². The second-order valence-corrected chi connectivity index (χ2v) is 5.18. The molecule has 86 valence electrons. The molecule has 0 saturated heterocycles. The Hall–Kier alpha value is -1.29. The van der Waals surface area contributed by atoms with E-state index >= 15 is 0 Å². The van der Waals surface area contributed by atoms with E-state index in [-0.39, 0.29) is 6.04 Å². The third-order valence-corrected chi connectivity index (χ3v) is 3.97. The predicted octanol–water partition coefficient (Wildman–Crippen LogP) is 3.59. The molecule has 2 heterocycles. The fourth-order valence-corrected chi connectivity index (χ4v) is 2.84. The molecule has 0 saturated carbocycles. The minimum absolute atomic E-state index is 0.126. The summed E-state index contributed by atoms with van der Waals surface area (Å²) in [5, 5.41) is 2.86. The van der Waals surface area contributed by atoms with Gasteiger partial charge >= 0.3 is 0 Å². The maximum absolute atomic E-state index is 6.18. The summed E-state index contributed by atoms with van der Waals surface area (Å²) in [4.78, 5) is 1.23. The molecule has 2 aromatic rings. The molecule has 2 nitrogen and oxygen atoms in total. The molecule has 0 radical (unpaired) electrons. The van der Waals surface area contributed by atoms with Crippen molar-refractivity contribution in [3.8, 4) is 0 Å². The van der Waals surface area contributed by atoms with Gasteiger partial charge in [-0.1, -0.05) is 35.9 Å². The maximum atomic E-state index is 6.18. The highest BCUT2D eigenvalue weighted by atomic mass is 35.5. The first kappa shape index (κ1) is 10.8. The van der Waals surface area contributed by atoms with Crippen molar-refractivity contribution in [2.24, 2.45) is 0 Å². The molecule has 0 amide bonds. The summed E-state index contributed by atoms with van der Waals surface area (Å²) < 4.78 is 0. The van der Waals surface area contributed by atoms with Crippen molar-refractivity contribution in [1.29, 1.82) is 0 Å². The Labute approximate surface area is 109 Å². The van der Waals surface area contributed by atoms with Crippen LogP contribution in [0.25, 0.3) is 5.70 Å². The van der Waals surface area contributed by atoms with Crippen LogP contribution >= 0.6 is 22.9 Å². The van der Waals surface area contributed by atoms with E-state index in [9.17, 15) is 0 Å². The number of halogens is 1. The van der Waals surface area contributed by atoms with Gasteiger partial charge in [0.05, 0.1) is 16.6 Å². The molecular weight excluding hydrogens is 252 g/mol. The smallest absolute Gasteiger partial charge is 0.0728 e. The van der Waals surface area contributed by atoms with Gasteiger partial charge in [0.2, 0.25) is 0 Å². The third-order valence-electron chi connectivity index (χ3n) is 2.72. The van der Waals surface area contributed by atoms with Gasteiger partial charge in [0.25, 0.3) is 0 Å². The van der Waals surface area contributed by atoms with Crippen LogP contribution in [-0.4, -0.2) is 0 Å². The van der Waals surface area contributed by atoms with Gasteiger partial charge in [-0.2, -0.15) is 0 Å². The first-order chi connectivity index (χ1) is 8.34. The highest BCUT2D eigenvalue weighted by Gasteiger charge is 2.19. The molecule has 4 heteroatoms. The van der Waals surface area contributed by atoms with Crippen molar-refractivity contribution in [3.63, 3.8) is 0 Å². The molecule has 1 aromatic heterocycles. The summed E-state index contributed by atoms with van der Waals surface area (Å²) >= 11 is 7.90. The Balaban J connectivity index is 1.91. The van der Waals surface area contributed by atoms with Gasteiger partial charge in [0.1, 0.15) is 0 Å². The predicted molar refractivity (Wildman–Crippen MR) is 72.8 cm³/mol. The molecule has 1 unspecified atom stereocenters. The van der Waals surface area contributed by atoms with Gasteiger partial charge < -0.3 is 5.43 Å². The lowest BCUT2D eigenvalue weighted by molar-refractivity contribution is 0.616. The highest BCUT2D eigenvalue weighted by molar-refractivity contribution is 7.11. The summed E-state index contributed by atoms with van der Waals surface area (Å²) in [5.41, 5.74) is 8.64. The van der Waals surface area contributed by atoms with E-state index in [1.807, 2.05) is 30.3 Å². The second kappa shape index (κ2) is 4.53. The molecular formula is C13H11ClN2S. The summed E-state index contributed by atoms with van der Waals surface area (Å²) in [6.07, 6.45) is 2.16. The number of thiophene rings is 1. The zero-order valence-electron chi connectivity index (χ0n) is 8.98. The van der Waals surface area contributed by atoms with Crippen molar-refractivity contribution in [3.05, 3.63) is 63.3 Å². The topological polar surface area (TPSA) is 24.1 Å². The Kier molecular flexibility index (Phi) is 2.89. The molecule has 1 atom stereocenters. The van der Waals surface area contributed by atoms with Gasteiger partial charge in [-0.05, 0) is 29.2 Å². The van der Waals surface area contributed by atoms with Crippen LogP contribution in [0.1, 0.15) is 16.5 Å². The molecule has 1 aliphatic rings. The molecule has 3 rings (SSSR count). The van der Waals surface area contributed by atoms with Crippen molar-refractivity contribution in [2.45, 2.75) is 6.04 Å². The minimum Gasteiger partial charge on any atom is -0.319 e. The molecule has 0 bridgehead atoms. The second-order valence-electron chi connectivity index (χ2n) is 3.83. The van der Waals surface area contributed by atoms with E-state index in [1.54, 1.807) is 11.3 Å². The Bertz CT molecular complexity index is 548. The summed E-state index contributed by atoms with van der Waals surface area (Å²) in [6.45, 7) is 0. The molecule has 2 N–H and O–H groups in total. The van der Waals surface area contributed by atoms with Crippen LogP contribution in [0, 0.1) is 0 Å². The number of rotatable bonds is 2. The van der Waals surface area contributed by atoms with E-state index in [0.717, 1.165) is 16.3 Å². The highest BCUT2D eigenvalue weighted by Crippen LogP contribution is 2.29. The van der Waals surface area contributed by atoms with E-state index in [4.69, 9.17) is 11.6 Å². The Morgan fingerprint density at radius 1 is 1.12 bits per heavy atom. The van der Waals surface area contributed by atoms with E-state index in [2.05, 4.69) is 28.4 Å². The van der Waals surface area contributed by atoms with Crippen LogP contribution < -0.4 is 10.9 Å². The van der Waals surface area contributed by atoms with Crippen LogP contribution in [0.2, 0.25) is 5.02 Å². The third kappa shape index (κ3) is 2.09. The average Bonchev–Trinajstić information content (AvgIpc) is 3.00. The Morgan fingerprint density at radius 2 is 2.00 bits per heavy atom. The van der Waals surface area contributed by atoms with Crippen molar-refractivity contribution in [2.75, 3.05) is 0 Å². The molecule has 17 heavy (non-hydrogen) atoms. The van der Waals surface area contributed by atoms with Gasteiger partial charge in [0, 0.05) is 5.02 Å². The van der Waals surface area contributed by atoms with Crippen molar-refractivity contribution in [1.82, 2.24) is 10.9 Å². The van der Waals surface area contributed by atoms with Gasteiger partial charge in [-0.25, -0.2) is 5.43 Å². The SMILES string of the molecule is Clc1ccccc1C1C=C(c2cccs2)NN1. The van der Waals surface area contributed by atoms with Crippen LogP contribution in [0.5, 0.6) is 0 Å². The molecule has 1 aliphatic heterocycles. The van der Waals surface area contributed by atoms with Crippen molar-refractivity contribution < 1.29 is 0 Å². The number of hydrazine groups is 1. The first-order valence-electron chi connectivity index (χ1n) is 5.36. The number of hydrogen-bond acceptors (Lipinski definition) is 3. The van der Waals surface area contributed by atoms with E-state index in [0.29, 0.717) is 0 Å². The van der Waals surface area contributed by atoms with Crippen LogP contribution in [-0.2, 0) is 0 Å². The monoisotopic (exact) mass is 262 g/mol. The van der Waals surface area contributed by atoms with Gasteiger partial charge in [-0.3, -0.25) is 0 Å². The zero-order chi connectivity index (χ0) is 11.7. The number of hydrogen-bond donors (Lipinski definition) is 2. The molecule has 0 aliphatic carbocycles. The quantitative estimate of drug-likeness (QED) is 0.864. The first-order valence-corrected chi connectivity index (χ1v) is 6.62. The number of benzene rings is 1. The molecule has 1 aromatic carbocycles. The standard InChI is InChI=1S/C13H11ClN2S/c14-10-5-2-1-4-9(10)11-8-12(16-15-11)13-6-3-7-17-13/h1-8,11,15-16H. The summed E-state index contributed by atoms with van der Waals surface area (Å²) in [7, 11) is 0. The van der Waals surface area contributed by atoms with Gasteiger partial charge in [-0.15, -0.1) is 11.3 Å². The fourth-order valence-electron chi connectivity index (χ4n) is 1.88. The van der Waals surface area contributed by atoms with Crippen LogP contribution in [0.3, 0.4) is 0 Å². The zero-order valence-corrected chi connectivity index (χ0v) is 10.6. The minimum atomic E-state index is 0.126. The maximum Gasteiger partial charge on any atom is 0.0728 e. The van der Waals surface area contributed by atoms with E-state index < -0.39 is 0 Å². The molecule has 0 spiro atoms. The average molecular weight is 263 g/mol. The Morgan fingerprint density at radius 3 is 2.76 bits per heavy atom. The summed E-state index contributed by atoms with van der Waals surface area (Å²) in [6, 6.07) is 12.2. The molecule has 0 fully saturated rings. The lowest BCUT2D eigenvalue weighted by atomic mass is 10.1. The normalized spacial score (nSPS) is 18.9. The van der Waals surface area contributed by atoms with Crippen LogP contribution in [0.4, 0.5) is 0 Å². The van der Waals surface area contributed by atoms with E-state index in [1.165, 1.54) is 4.88 Å². The summed E-state index contributed by atoms with van der Waals surface area (Å²) in [5.74, 6) is 0. The fraction of sp³-hybridized carbons (Fsp3) is 0.0769. The number of nitrogens with one attached hydrogen (secondary N) is 2. The lowest BCUT2D eigenvalue weighted by Gasteiger charge is -2.10. The lowest BCUT2D eigenvalue weighted by Crippen LogP contribution is -2.26. The largest absolute Gasteiger partial charge is 0.319 e. The van der Waals surface area contributed by atoms with Crippen LogP contribution in [0.15, 0.2) is 47.9 Å². The van der Waals surface area contributed by atoms with Crippen molar-refractivity contribution >= 4 is 28.6 Å².